The van der Waals surface area contributed by atoms with E-state index >= 15 is 0 Å². The van der Waals surface area contributed by atoms with E-state index in [9.17, 15) is 4.79 Å². The standard InChI is InChI=1S/C23H37N3O2/c1-5-21-8-6-7-17(2)23(21)24-22(27)16-25-11-9-20(10-12-25)15-26-13-18(3)28-19(4)14-26/h6-8,18-20H,5,9-16H2,1-4H3,(H,24,27). The predicted molar refractivity (Wildman–Crippen MR) is 115 cm³/mol. The number of piperidine rings is 1. The molecule has 1 aromatic rings. The summed E-state index contributed by atoms with van der Waals surface area (Å²) in [4.78, 5) is 17.5. The normalized spacial score (nSPS) is 25.0. The molecule has 3 rings (SSSR count). The number of rotatable bonds is 6. The van der Waals surface area contributed by atoms with E-state index in [1.54, 1.807) is 0 Å². The van der Waals surface area contributed by atoms with Crippen LogP contribution in [-0.4, -0.2) is 67.2 Å². The van der Waals surface area contributed by atoms with E-state index in [-0.39, 0.29) is 5.91 Å². The lowest BCUT2D eigenvalue weighted by Gasteiger charge is -2.39. The molecule has 1 N–H and O–H groups in total. The van der Waals surface area contributed by atoms with Crippen molar-refractivity contribution in [1.82, 2.24) is 9.80 Å². The second-order valence-electron chi connectivity index (χ2n) is 8.71. The highest BCUT2D eigenvalue weighted by atomic mass is 16.5. The number of benzene rings is 1. The maximum atomic E-state index is 12.6. The highest BCUT2D eigenvalue weighted by Crippen LogP contribution is 2.23. The quantitative estimate of drug-likeness (QED) is 0.813. The van der Waals surface area contributed by atoms with Crippen LogP contribution in [0.2, 0.25) is 0 Å². The first-order valence-electron chi connectivity index (χ1n) is 10.9. The van der Waals surface area contributed by atoms with Crippen molar-refractivity contribution in [2.75, 3.05) is 44.6 Å². The molecule has 156 valence electrons. The van der Waals surface area contributed by atoms with Crippen LogP contribution < -0.4 is 5.32 Å². The number of likely N-dealkylation sites (tertiary alicyclic amines) is 1. The lowest BCUT2D eigenvalue weighted by molar-refractivity contribution is -0.117. The van der Waals surface area contributed by atoms with Crippen LogP contribution in [0.4, 0.5) is 5.69 Å². The lowest BCUT2D eigenvalue weighted by Crippen LogP contribution is -2.48. The molecule has 2 fully saturated rings. The number of hydrogen-bond acceptors (Lipinski definition) is 4. The van der Waals surface area contributed by atoms with Crippen LogP contribution in [0.25, 0.3) is 0 Å². The maximum absolute atomic E-state index is 12.6. The third-order valence-corrected chi connectivity index (χ3v) is 6.09. The number of amides is 1. The van der Waals surface area contributed by atoms with E-state index < -0.39 is 0 Å². The number of carbonyl (C=O) groups excluding carboxylic acids is 1. The second kappa shape index (κ2) is 9.86. The molecule has 5 nitrogen and oxygen atoms in total. The average molecular weight is 388 g/mol. The summed E-state index contributed by atoms with van der Waals surface area (Å²) in [5, 5.41) is 3.16. The number of ether oxygens (including phenoxy) is 1. The van der Waals surface area contributed by atoms with Crippen molar-refractivity contribution in [2.24, 2.45) is 5.92 Å². The van der Waals surface area contributed by atoms with Crippen LogP contribution in [0.5, 0.6) is 0 Å². The number of anilines is 1. The number of nitrogens with one attached hydrogen (secondary N) is 1. The molecule has 0 bridgehead atoms. The molecule has 0 radical (unpaired) electrons. The van der Waals surface area contributed by atoms with E-state index in [4.69, 9.17) is 4.74 Å². The van der Waals surface area contributed by atoms with Crippen LogP contribution in [0.1, 0.15) is 44.7 Å². The predicted octanol–water partition coefficient (Wildman–Crippen LogP) is 3.32. The number of aryl methyl sites for hydroxylation is 2. The third-order valence-electron chi connectivity index (χ3n) is 6.09. The van der Waals surface area contributed by atoms with E-state index in [0.717, 1.165) is 49.8 Å². The molecule has 28 heavy (non-hydrogen) atoms. The van der Waals surface area contributed by atoms with Gasteiger partial charge in [-0.3, -0.25) is 14.6 Å². The van der Waals surface area contributed by atoms with Gasteiger partial charge in [-0.15, -0.1) is 0 Å². The minimum Gasteiger partial charge on any atom is -0.373 e. The van der Waals surface area contributed by atoms with Crippen molar-refractivity contribution in [3.05, 3.63) is 29.3 Å². The van der Waals surface area contributed by atoms with Crippen molar-refractivity contribution in [1.29, 1.82) is 0 Å². The first kappa shape index (κ1) is 21.3. The van der Waals surface area contributed by atoms with E-state index in [0.29, 0.717) is 18.8 Å². The minimum atomic E-state index is 0.110. The van der Waals surface area contributed by atoms with Crippen LogP contribution in [0.3, 0.4) is 0 Å². The zero-order valence-electron chi connectivity index (χ0n) is 18.0. The molecule has 0 spiro atoms. The fraction of sp³-hybridized carbons (Fsp3) is 0.696. The molecular weight excluding hydrogens is 350 g/mol. The Kier molecular flexibility index (Phi) is 7.49. The number of hydrogen-bond donors (Lipinski definition) is 1. The number of nitrogens with zero attached hydrogens (tertiary/aromatic N) is 2. The van der Waals surface area contributed by atoms with Gasteiger partial charge in [0.1, 0.15) is 0 Å². The minimum absolute atomic E-state index is 0.110. The Balaban J connectivity index is 1.44. The number of morpholine rings is 1. The molecular formula is C23H37N3O2. The Hall–Kier alpha value is -1.43. The highest BCUT2D eigenvalue weighted by Gasteiger charge is 2.27. The van der Waals surface area contributed by atoms with Gasteiger partial charge in [0.2, 0.25) is 5.91 Å². The third kappa shape index (κ3) is 5.79. The summed E-state index contributed by atoms with van der Waals surface area (Å²) in [5.41, 5.74) is 3.35. The molecule has 2 saturated heterocycles. The fourth-order valence-electron chi connectivity index (χ4n) is 4.71. The van der Waals surface area contributed by atoms with Gasteiger partial charge in [0, 0.05) is 25.3 Å². The van der Waals surface area contributed by atoms with Crippen molar-refractivity contribution < 1.29 is 9.53 Å². The van der Waals surface area contributed by atoms with Crippen LogP contribution in [0.15, 0.2) is 18.2 Å². The Morgan fingerprint density at radius 1 is 1.14 bits per heavy atom. The van der Waals surface area contributed by atoms with Gasteiger partial charge in [-0.25, -0.2) is 0 Å². The molecule has 1 amide bonds. The Bertz CT molecular complexity index is 645. The van der Waals surface area contributed by atoms with Crippen molar-refractivity contribution in [3.8, 4) is 0 Å². The number of carbonyl (C=O) groups is 1. The molecule has 5 heteroatoms. The van der Waals surface area contributed by atoms with Gasteiger partial charge in [-0.2, -0.15) is 0 Å². The summed E-state index contributed by atoms with van der Waals surface area (Å²) in [6.07, 6.45) is 3.96. The van der Waals surface area contributed by atoms with Gasteiger partial charge in [0.15, 0.2) is 0 Å². The van der Waals surface area contributed by atoms with Crippen molar-refractivity contribution in [3.63, 3.8) is 0 Å². The molecule has 2 heterocycles. The van der Waals surface area contributed by atoms with Gasteiger partial charge < -0.3 is 10.1 Å². The molecule has 0 saturated carbocycles. The van der Waals surface area contributed by atoms with Gasteiger partial charge >= 0.3 is 0 Å². The smallest absolute Gasteiger partial charge is 0.238 e. The summed E-state index contributed by atoms with van der Waals surface area (Å²) < 4.78 is 5.85. The molecule has 0 aromatic heterocycles. The van der Waals surface area contributed by atoms with Crippen LogP contribution in [-0.2, 0) is 16.0 Å². The van der Waals surface area contributed by atoms with Crippen molar-refractivity contribution in [2.45, 2.75) is 59.2 Å². The van der Waals surface area contributed by atoms with Gasteiger partial charge in [-0.1, -0.05) is 25.1 Å². The summed E-state index contributed by atoms with van der Waals surface area (Å²) in [6, 6.07) is 6.22. The zero-order valence-corrected chi connectivity index (χ0v) is 18.0. The fourth-order valence-corrected chi connectivity index (χ4v) is 4.71. The number of para-hydroxylation sites is 1. The maximum Gasteiger partial charge on any atom is 0.238 e. The Morgan fingerprint density at radius 3 is 2.46 bits per heavy atom. The summed E-state index contributed by atoms with van der Waals surface area (Å²) >= 11 is 0. The largest absolute Gasteiger partial charge is 0.373 e. The van der Waals surface area contributed by atoms with Crippen molar-refractivity contribution >= 4 is 11.6 Å². The van der Waals surface area contributed by atoms with Gasteiger partial charge in [0.25, 0.3) is 0 Å². The monoisotopic (exact) mass is 387 g/mol. The van der Waals surface area contributed by atoms with Crippen LogP contribution in [0, 0.1) is 12.8 Å². The molecule has 2 atom stereocenters. The SMILES string of the molecule is CCc1cccc(C)c1NC(=O)CN1CCC(CN2CC(C)OC(C)C2)CC1. The first-order valence-corrected chi connectivity index (χ1v) is 10.9. The summed E-state index contributed by atoms with van der Waals surface area (Å²) in [5.74, 6) is 0.846. The molecule has 2 unspecified atom stereocenters. The van der Waals surface area contributed by atoms with Crippen LogP contribution >= 0.6 is 0 Å². The summed E-state index contributed by atoms with van der Waals surface area (Å²) in [7, 11) is 0. The topological polar surface area (TPSA) is 44.8 Å². The molecule has 0 aliphatic carbocycles. The Labute approximate surface area is 170 Å². The highest BCUT2D eigenvalue weighted by molar-refractivity contribution is 5.93. The van der Waals surface area contributed by atoms with Gasteiger partial charge in [0.05, 0.1) is 18.8 Å². The zero-order chi connectivity index (χ0) is 20.1. The summed E-state index contributed by atoms with van der Waals surface area (Å²) in [6.45, 7) is 14.3. The van der Waals surface area contributed by atoms with Gasteiger partial charge in [-0.05, 0) is 70.2 Å². The Morgan fingerprint density at radius 2 is 1.82 bits per heavy atom. The first-order chi connectivity index (χ1) is 13.4. The van der Waals surface area contributed by atoms with E-state index in [2.05, 4.69) is 61.0 Å². The average Bonchev–Trinajstić information content (AvgIpc) is 2.64. The molecule has 2 aliphatic rings. The lowest BCUT2D eigenvalue weighted by atomic mass is 9.95. The molecule has 1 aromatic carbocycles. The molecule has 2 aliphatic heterocycles. The second-order valence-corrected chi connectivity index (χ2v) is 8.71. The van der Waals surface area contributed by atoms with E-state index in [1.807, 2.05) is 0 Å². The van der Waals surface area contributed by atoms with E-state index in [1.165, 1.54) is 24.9 Å².